The van der Waals surface area contributed by atoms with Crippen molar-refractivity contribution in [1.29, 1.82) is 0 Å². The van der Waals surface area contributed by atoms with E-state index in [9.17, 15) is 4.79 Å². The van der Waals surface area contributed by atoms with Gasteiger partial charge in [-0.1, -0.05) is 12.1 Å². The molecule has 1 amide bonds. The van der Waals surface area contributed by atoms with E-state index in [2.05, 4.69) is 44.3 Å². The smallest absolute Gasteiger partial charge is 0.228 e. The maximum atomic E-state index is 12.2. The molecular formula is C26H26N4O2S. The molecular weight excluding hydrogens is 432 g/mol. The first-order valence-electron chi connectivity index (χ1n) is 11.1. The third-order valence-electron chi connectivity index (χ3n) is 5.41. The number of aromatic amines is 1. The van der Waals surface area contributed by atoms with Crippen LogP contribution in [0.4, 0.5) is 11.5 Å². The summed E-state index contributed by atoms with van der Waals surface area (Å²) in [4.78, 5) is 21.1. The number of carbonyl (C=O) groups is 1. The van der Waals surface area contributed by atoms with Crippen LogP contribution in [0.1, 0.15) is 26.7 Å². The molecule has 168 valence electrons. The summed E-state index contributed by atoms with van der Waals surface area (Å²) in [5, 5.41) is 3.99. The highest BCUT2D eigenvalue weighted by Gasteiger charge is 2.30. The van der Waals surface area contributed by atoms with Gasteiger partial charge in [0.15, 0.2) is 0 Å². The van der Waals surface area contributed by atoms with Gasteiger partial charge in [0.05, 0.1) is 6.10 Å². The van der Waals surface area contributed by atoms with Crippen LogP contribution in [0.3, 0.4) is 0 Å². The summed E-state index contributed by atoms with van der Waals surface area (Å²) in [6, 6.07) is 20.3. The Morgan fingerprint density at radius 2 is 1.85 bits per heavy atom. The molecule has 0 radical (unpaired) electrons. The average Bonchev–Trinajstić information content (AvgIpc) is 3.56. The highest BCUT2D eigenvalue weighted by molar-refractivity contribution is 8.00. The van der Waals surface area contributed by atoms with E-state index in [1.807, 2.05) is 56.4 Å². The van der Waals surface area contributed by atoms with E-state index in [1.165, 1.54) is 0 Å². The van der Waals surface area contributed by atoms with Gasteiger partial charge in [-0.2, -0.15) is 0 Å². The third-order valence-corrected chi connectivity index (χ3v) is 6.25. The van der Waals surface area contributed by atoms with Crippen molar-refractivity contribution in [3.05, 3.63) is 66.9 Å². The Balaban J connectivity index is 1.30. The van der Waals surface area contributed by atoms with Crippen molar-refractivity contribution in [3.8, 4) is 16.9 Å². The molecule has 0 bridgehead atoms. The molecule has 2 heterocycles. The largest absolute Gasteiger partial charge is 0.491 e. The minimum absolute atomic E-state index is 0.0553. The van der Waals surface area contributed by atoms with Crippen LogP contribution in [0.25, 0.3) is 22.2 Å². The molecule has 1 saturated carbocycles. The molecule has 7 heteroatoms. The predicted octanol–water partition coefficient (Wildman–Crippen LogP) is 6.48. The molecule has 1 fully saturated rings. The Hall–Kier alpha value is -3.45. The third kappa shape index (κ3) is 5.14. The van der Waals surface area contributed by atoms with Crippen LogP contribution in [-0.4, -0.2) is 22.0 Å². The molecule has 6 nitrogen and oxygen atoms in total. The number of pyridine rings is 1. The molecule has 0 aliphatic heterocycles. The maximum Gasteiger partial charge on any atom is 0.228 e. The average molecular weight is 459 g/mol. The van der Waals surface area contributed by atoms with Crippen molar-refractivity contribution in [3.63, 3.8) is 0 Å². The molecule has 2 aromatic carbocycles. The van der Waals surface area contributed by atoms with Crippen molar-refractivity contribution in [1.82, 2.24) is 9.97 Å². The molecule has 33 heavy (non-hydrogen) atoms. The maximum absolute atomic E-state index is 12.2. The van der Waals surface area contributed by atoms with Gasteiger partial charge in [0.25, 0.3) is 0 Å². The summed E-state index contributed by atoms with van der Waals surface area (Å²) in [5.74, 6) is 1.65. The van der Waals surface area contributed by atoms with Crippen LogP contribution >= 0.6 is 11.9 Å². The van der Waals surface area contributed by atoms with Crippen LogP contribution in [0.5, 0.6) is 5.75 Å². The van der Waals surface area contributed by atoms with Gasteiger partial charge in [-0.3, -0.25) is 4.79 Å². The highest BCUT2D eigenvalue weighted by atomic mass is 32.2. The second kappa shape index (κ2) is 9.19. The van der Waals surface area contributed by atoms with E-state index in [0.717, 1.165) is 51.3 Å². The molecule has 0 saturated heterocycles. The Kier molecular flexibility index (Phi) is 5.96. The topological polar surface area (TPSA) is 79.0 Å². The van der Waals surface area contributed by atoms with Gasteiger partial charge in [0.1, 0.15) is 17.2 Å². The zero-order chi connectivity index (χ0) is 22.8. The molecule has 0 unspecified atom stereocenters. The predicted molar refractivity (Wildman–Crippen MR) is 135 cm³/mol. The van der Waals surface area contributed by atoms with Gasteiger partial charge in [-0.25, -0.2) is 4.98 Å². The SMILES string of the molecule is CC(C)Oc1ccc(SNc2ccc(-c3cc(NC(=O)C4CC4)nc4[nH]ccc34)cc2)cc1. The molecule has 5 rings (SSSR count). The van der Waals surface area contributed by atoms with Gasteiger partial charge < -0.3 is 19.8 Å². The first-order chi connectivity index (χ1) is 16.0. The Labute approximate surface area is 197 Å². The van der Waals surface area contributed by atoms with Crippen molar-refractivity contribution < 1.29 is 9.53 Å². The van der Waals surface area contributed by atoms with Crippen molar-refractivity contribution in [2.45, 2.75) is 37.7 Å². The van der Waals surface area contributed by atoms with Crippen molar-refractivity contribution in [2.75, 3.05) is 10.0 Å². The summed E-state index contributed by atoms with van der Waals surface area (Å²) in [7, 11) is 0. The summed E-state index contributed by atoms with van der Waals surface area (Å²) >= 11 is 1.56. The number of amides is 1. The molecule has 3 N–H and O–H groups in total. The fourth-order valence-corrected chi connectivity index (χ4v) is 4.25. The Morgan fingerprint density at radius 1 is 1.09 bits per heavy atom. The highest BCUT2D eigenvalue weighted by Crippen LogP contribution is 2.33. The van der Waals surface area contributed by atoms with Crippen molar-refractivity contribution in [2.24, 2.45) is 5.92 Å². The summed E-state index contributed by atoms with van der Waals surface area (Å²) in [6.45, 7) is 4.04. The number of nitrogens with zero attached hydrogens (tertiary/aromatic N) is 1. The Bertz CT molecular complexity index is 1260. The number of fused-ring (bicyclic) bond motifs is 1. The normalized spacial score (nSPS) is 13.3. The number of anilines is 2. The lowest BCUT2D eigenvalue weighted by Gasteiger charge is -2.11. The number of hydrogen-bond donors (Lipinski definition) is 3. The lowest BCUT2D eigenvalue weighted by atomic mass is 10.0. The zero-order valence-electron chi connectivity index (χ0n) is 18.6. The van der Waals surface area contributed by atoms with Crippen LogP contribution in [0.15, 0.2) is 71.8 Å². The molecule has 1 aliphatic carbocycles. The van der Waals surface area contributed by atoms with E-state index >= 15 is 0 Å². The standard InChI is InChI=1S/C26H26N4O2S/c1-16(2)32-20-9-11-21(12-10-20)33-30-19-7-5-17(6-8-19)23-15-24(29-26(31)18-3-4-18)28-25-22(23)13-14-27-25/h5-16,18,30H,3-4H2,1-2H3,(H2,27,28,29,31). The number of rotatable bonds is 8. The van der Waals surface area contributed by atoms with Gasteiger partial charge >= 0.3 is 0 Å². The molecule has 2 aromatic heterocycles. The zero-order valence-corrected chi connectivity index (χ0v) is 19.4. The summed E-state index contributed by atoms with van der Waals surface area (Å²) < 4.78 is 9.09. The first kappa shape index (κ1) is 21.4. The lowest BCUT2D eigenvalue weighted by Crippen LogP contribution is -2.14. The van der Waals surface area contributed by atoms with Crippen molar-refractivity contribution >= 4 is 40.4 Å². The Morgan fingerprint density at radius 3 is 2.55 bits per heavy atom. The fourth-order valence-electron chi connectivity index (χ4n) is 3.61. The van der Waals surface area contributed by atoms with Gasteiger partial charge in [-0.15, -0.1) is 0 Å². The first-order valence-corrected chi connectivity index (χ1v) is 12.0. The minimum atomic E-state index is 0.0553. The van der Waals surface area contributed by atoms with Gasteiger partial charge in [0, 0.05) is 28.1 Å². The van der Waals surface area contributed by atoms with E-state index in [4.69, 9.17) is 4.74 Å². The van der Waals surface area contributed by atoms with Crippen LogP contribution in [-0.2, 0) is 4.79 Å². The number of hydrogen-bond acceptors (Lipinski definition) is 5. The fraction of sp³-hybridized carbons (Fsp3) is 0.231. The summed E-state index contributed by atoms with van der Waals surface area (Å²) in [6.07, 6.45) is 3.97. The number of nitrogens with one attached hydrogen (secondary N) is 3. The monoisotopic (exact) mass is 458 g/mol. The van der Waals surface area contributed by atoms with E-state index < -0.39 is 0 Å². The quantitative estimate of drug-likeness (QED) is 0.263. The summed E-state index contributed by atoms with van der Waals surface area (Å²) in [5.41, 5.74) is 3.87. The number of carbonyl (C=O) groups excluding carboxylic acids is 1. The lowest BCUT2D eigenvalue weighted by molar-refractivity contribution is -0.117. The number of ether oxygens (including phenoxy) is 1. The number of aromatic nitrogens is 2. The van der Waals surface area contributed by atoms with Gasteiger partial charge in [-0.05, 0) is 98.3 Å². The van der Waals surface area contributed by atoms with Gasteiger partial charge in [0.2, 0.25) is 5.91 Å². The number of H-pyrrole nitrogens is 1. The minimum Gasteiger partial charge on any atom is -0.491 e. The molecule has 0 spiro atoms. The number of benzene rings is 2. The van der Waals surface area contributed by atoms with Crippen LogP contribution in [0.2, 0.25) is 0 Å². The van der Waals surface area contributed by atoms with Crippen LogP contribution in [0, 0.1) is 5.92 Å². The second-order valence-corrected chi connectivity index (χ2v) is 9.36. The molecule has 0 atom stereocenters. The van der Waals surface area contributed by atoms with E-state index in [0.29, 0.717) is 5.82 Å². The van der Waals surface area contributed by atoms with E-state index in [-0.39, 0.29) is 17.9 Å². The van der Waals surface area contributed by atoms with Crippen LogP contribution < -0.4 is 14.8 Å². The second-order valence-electron chi connectivity index (χ2n) is 8.48. The molecule has 1 aliphatic rings. The van der Waals surface area contributed by atoms with E-state index in [1.54, 1.807) is 11.9 Å². The molecule has 4 aromatic rings.